The van der Waals surface area contributed by atoms with Gasteiger partial charge in [0.1, 0.15) is 6.61 Å². The van der Waals surface area contributed by atoms with Gasteiger partial charge in [0.15, 0.2) is 0 Å². The van der Waals surface area contributed by atoms with Gasteiger partial charge in [0, 0.05) is 13.1 Å². The first-order valence-electron chi connectivity index (χ1n) is 7.97. The molecule has 1 aromatic carbocycles. The van der Waals surface area contributed by atoms with Crippen LogP contribution in [0, 0.1) is 0 Å². The Kier molecular flexibility index (Phi) is 12.3. The smallest absolute Gasteiger partial charge is 0.307 e. The molecule has 0 unspecified atom stereocenters. The SMILES string of the molecule is Cl.Cl.O=C(CCNc1cccccc1=O)OCCN1CCCCC1. The van der Waals surface area contributed by atoms with E-state index in [-0.39, 0.29) is 42.6 Å². The normalized spacial score (nSPS) is 14.0. The molecule has 1 aliphatic rings. The summed E-state index contributed by atoms with van der Waals surface area (Å²) in [5.41, 5.74) is 0.426. The molecular formula is C17H26Cl2N2O3. The maximum absolute atomic E-state index is 11.7. The maximum Gasteiger partial charge on any atom is 0.307 e. The van der Waals surface area contributed by atoms with Gasteiger partial charge in [-0.3, -0.25) is 14.5 Å². The van der Waals surface area contributed by atoms with Gasteiger partial charge in [-0.2, -0.15) is 0 Å². The number of halogens is 2. The summed E-state index contributed by atoms with van der Waals surface area (Å²) in [5.74, 6) is -0.225. The summed E-state index contributed by atoms with van der Waals surface area (Å²) in [5, 5.41) is 2.98. The van der Waals surface area contributed by atoms with Crippen molar-refractivity contribution in [3.8, 4) is 0 Å². The zero-order valence-electron chi connectivity index (χ0n) is 13.7. The first kappa shape index (κ1) is 22.7. The van der Waals surface area contributed by atoms with Crippen LogP contribution >= 0.6 is 24.8 Å². The van der Waals surface area contributed by atoms with Crippen molar-refractivity contribution in [2.75, 3.05) is 38.1 Å². The largest absolute Gasteiger partial charge is 0.464 e. The van der Waals surface area contributed by atoms with E-state index >= 15 is 0 Å². The molecule has 2 rings (SSSR count). The van der Waals surface area contributed by atoms with Crippen LogP contribution in [0.25, 0.3) is 0 Å². The average molecular weight is 377 g/mol. The van der Waals surface area contributed by atoms with Crippen molar-refractivity contribution >= 4 is 36.5 Å². The number of nitrogens with zero attached hydrogens (tertiary/aromatic N) is 1. The van der Waals surface area contributed by atoms with Crippen molar-refractivity contribution < 1.29 is 9.53 Å². The molecule has 1 fully saturated rings. The fraction of sp³-hybridized carbons (Fsp3) is 0.529. The molecule has 0 bridgehead atoms. The van der Waals surface area contributed by atoms with Crippen LogP contribution in [0.15, 0.2) is 35.1 Å². The van der Waals surface area contributed by atoms with Gasteiger partial charge in [0.05, 0.1) is 12.1 Å². The summed E-state index contributed by atoms with van der Waals surface area (Å²) < 4.78 is 5.23. The molecule has 1 saturated heterocycles. The van der Waals surface area contributed by atoms with Gasteiger partial charge >= 0.3 is 5.97 Å². The van der Waals surface area contributed by atoms with E-state index in [1.165, 1.54) is 25.3 Å². The van der Waals surface area contributed by atoms with E-state index in [1.54, 1.807) is 24.3 Å². The third-order valence-electron chi connectivity index (χ3n) is 3.76. The highest BCUT2D eigenvalue weighted by molar-refractivity contribution is 5.85. The predicted octanol–water partition coefficient (Wildman–Crippen LogP) is 2.72. The third kappa shape index (κ3) is 8.52. The number of hydrogen-bond acceptors (Lipinski definition) is 5. The van der Waals surface area contributed by atoms with Crippen LogP contribution in [0.5, 0.6) is 0 Å². The molecule has 0 aliphatic carbocycles. The fourth-order valence-corrected chi connectivity index (χ4v) is 2.52. The molecule has 1 N–H and O–H groups in total. The number of nitrogens with one attached hydrogen (secondary N) is 1. The Morgan fingerprint density at radius 3 is 2.54 bits per heavy atom. The average Bonchev–Trinajstić information content (AvgIpc) is 2.73. The summed E-state index contributed by atoms with van der Waals surface area (Å²) in [6.45, 7) is 3.89. The number of piperidine rings is 1. The van der Waals surface area contributed by atoms with Gasteiger partial charge in [-0.1, -0.05) is 24.6 Å². The van der Waals surface area contributed by atoms with Crippen LogP contribution in [-0.2, 0) is 9.53 Å². The van der Waals surface area contributed by atoms with E-state index in [0.29, 0.717) is 18.8 Å². The summed E-state index contributed by atoms with van der Waals surface area (Å²) in [7, 11) is 0. The van der Waals surface area contributed by atoms with E-state index in [4.69, 9.17) is 4.74 Å². The first-order chi connectivity index (χ1) is 10.8. The molecule has 7 heteroatoms. The van der Waals surface area contributed by atoms with Crippen molar-refractivity contribution in [2.45, 2.75) is 25.7 Å². The van der Waals surface area contributed by atoms with Crippen LogP contribution in [-0.4, -0.2) is 43.7 Å². The second-order valence-corrected chi connectivity index (χ2v) is 5.49. The lowest BCUT2D eigenvalue weighted by Crippen LogP contribution is -2.33. The number of anilines is 1. The van der Waals surface area contributed by atoms with E-state index in [2.05, 4.69) is 10.2 Å². The van der Waals surface area contributed by atoms with Crippen molar-refractivity contribution in [1.82, 2.24) is 4.90 Å². The van der Waals surface area contributed by atoms with Gasteiger partial charge in [-0.15, -0.1) is 24.8 Å². The first-order valence-corrected chi connectivity index (χ1v) is 7.97. The van der Waals surface area contributed by atoms with Crippen LogP contribution in [0.4, 0.5) is 5.69 Å². The van der Waals surface area contributed by atoms with Gasteiger partial charge in [0.2, 0.25) is 5.43 Å². The summed E-state index contributed by atoms with van der Waals surface area (Å²) in [6.07, 6.45) is 4.05. The monoisotopic (exact) mass is 376 g/mol. The number of ether oxygens (including phenoxy) is 1. The topological polar surface area (TPSA) is 58.6 Å². The van der Waals surface area contributed by atoms with Crippen molar-refractivity contribution in [2.24, 2.45) is 0 Å². The molecular weight excluding hydrogens is 351 g/mol. The van der Waals surface area contributed by atoms with Crippen molar-refractivity contribution in [3.63, 3.8) is 0 Å². The van der Waals surface area contributed by atoms with E-state index in [9.17, 15) is 9.59 Å². The molecule has 136 valence electrons. The van der Waals surface area contributed by atoms with E-state index in [0.717, 1.165) is 19.6 Å². The lowest BCUT2D eigenvalue weighted by Gasteiger charge is -2.25. The molecule has 1 heterocycles. The summed E-state index contributed by atoms with van der Waals surface area (Å²) in [4.78, 5) is 25.7. The Morgan fingerprint density at radius 2 is 1.79 bits per heavy atom. The van der Waals surface area contributed by atoms with Crippen LogP contribution < -0.4 is 10.7 Å². The number of likely N-dealkylation sites (tertiary alicyclic amines) is 1. The number of carbonyl (C=O) groups is 1. The van der Waals surface area contributed by atoms with Crippen LogP contribution in [0.3, 0.4) is 0 Å². The zero-order valence-corrected chi connectivity index (χ0v) is 15.4. The van der Waals surface area contributed by atoms with Gasteiger partial charge in [-0.05, 0) is 38.1 Å². The Morgan fingerprint density at radius 1 is 1.08 bits per heavy atom. The van der Waals surface area contributed by atoms with Crippen LogP contribution in [0.2, 0.25) is 0 Å². The Labute approximate surface area is 155 Å². The maximum atomic E-state index is 11.7. The quantitative estimate of drug-likeness (QED) is 0.741. The second-order valence-electron chi connectivity index (χ2n) is 5.49. The standard InChI is InChI=1S/C17H24N2O3.2ClH/c20-16-8-4-1-3-7-15(16)18-10-9-17(21)22-14-13-19-11-5-2-6-12-19;;/h1,3-4,7-8H,2,5-6,9-14H2,(H,18,20);2*1H. The fourth-order valence-electron chi connectivity index (χ4n) is 2.52. The predicted molar refractivity (Wildman–Crippen MR) is 102 cm³/mol. The van der Waals surface area contributed by atoms with Gasteiger partial charge in [0.25, 0.3) is 0 Å². The number of carbonyl (C=O) groups excluding carboxylic acids is 1. The summed E-state index contributed by atoms with van der Waals surface area (Å²) in [6, 6.07) is 8.49. The molecule has 24 heavy (non-hydrogen) atoms. The lowest BCUT2D eigenvalue weighted by molar-refractivity contribution is -0.143. The Hall–Kier alpha value is -1.30. The lowest BCUT2D eigenvalue weighted by atomic mass is 10.1. The number of rotatable bonds is 7. The molecule has 0 saturated carbocycles. The molecule has 0 amide bonds. The highest BCUT2D eigenvalue weighted by Crippen LogP contribution is 2.07. The highest BCUT2D eigenvalue weighted by Gasteiger charge is 2.10. The summed E-state index contributed by atoms with van der Waals surface area (Å²) >= 11 is 0. The molecule has 5 nitrogen and oxygen atoms in total. The molecule has 0 aromatic heterocycles. The van der Waals surface area contributed by atoms with Crippen molar-refractivity contribution in [3.05, 3.63) is 40.6 Å². The van der Waals surface area contributed by atoms with Crippen molar-refractivity contribution in [1.29, 1.82) is 0 Å². The molecule has 1 aromatic rings. The molecule has 0 atom stereocenters. The van der Waals surface area contributed by atoms with Gasteiger partial charge in [-0.25, -0.2) is 0 Å². The van der Waals surface area contributed by atoms with Gasteiger partial charge < -0.3 is 10.1 Å². The third-order valence-corrected chi connectivity index (χ3v) is 3.76. The molecule has 0 spiro atoms. The molecule has 1 aliphatic heterocycles. The number of esters is 1. The van der Waals surface area contributed by atoms with E-state index in [1.807, 2.05) is 0 Å². The minimum atomic E-state index is -0.225. The minimum absolute atomic E-state index is 0. The Bertz CT molecular complexity index is 537. The minimum Gasteiger partial charge on any atom is -0.464 e. The van der Waals surface area contributed by atoms with Crippen LogP contribution in [0.1, 0.15) is 25.7 Å². The Balaban J connectivity index is 0.00000264. The highest BCUT2D eigenvalue weighted by atomic mass is 35.5. The van der Waals surface area contributed by atoms with E-state index < -0.39 is 0 Å². The zero-order chi connectivity index (χ0) is 15.6. The number of hydrogen-bond donors (Lipinski definition) is 1. The molecule has 0 radical (unpaired) electrons. The second kappa shape index (κ2) is 13.0.